The minimum atomic E-state index is -2.07. The van der Waals surface area contributed by atoms with Gasteiger partial charge in [-0.05, 0) is 134 Å². The van der Waals surface area contributed by atoms with Crippen molar-refractivity contribution in [2.24, 2.45) is 23.7 Å². The summed E-state index contributed by atoms with van der Waals surface area (Å²) in [5.41, 5.74) is 4.02. The van der Waals surface area contributed by atoms with Crippen LogP contribution < -0.4 is 9.64 Å². The number of hydrogen-bond acceptors (Lipinski definition) is 8. The number of hydrogen-bond donors (Lipinski definition) is 0. The number of anilines is 1. The standard InChI is InChI=1S/C43H56ClN3O4SSi/c1-42(2,3)53(5,6)51-38(18-13-29-10-11-33(29)26-52-41-45-21-8-22-46-41)35-16-12-32(35)25-47-27-43(20-7-9-30-23-34(44)15-17-36(30)43)28-50-39-19-14-31(24-37(39)47)40(48)49-4/h8,13-15,17-19,21-24,29,32-33,35,38H,7,9-12,16,20,25-28H2,1-6H3/b18-13+/t29-,32+,33-,35-,38+,43+/m1/s1. The number of esters is 1. The van der Waals surface area contributed by atoms with E-state index in [2.05, 4.69) is 73.0 Å². The zero-order chi connectivity index (χ0) is 37.4. The number of fused-ring (bicyclic) bond motifs is 3. The van der Waals surface area contributed by atoms with Crippen LogP contribution in [0.1, 0.15) is 80.8 Å². The van der Waals surface area contributed by atoms with Gasteiger partial charge in [-0.3, -0.25) is 0 Å². The molecule has 0 N–H and O–H groups in total. The molecule has 284 valence electrons. The molecule has 1 aliphatic heterocycles. The largest absolute Gasteiger partial charge is 0.490 e. The van der Waals surface area contributed by atoms with Gasteiger partial charge in [0.15, 0.2) is 13.5 Å². The van der Waals surface area contributed by atoms with E-state index >= 15 is 0 Å². The Bertz CT molecular complexity index is 1800. The fourth-order valence-electron chi connectivity index (χ4n) is 8.53. The van der Waals surface area contributed by atoms with Crippen LogP contribution in [0.15, 0.2) is 72.2 Å². The maximum atomic E-state index is 12.8. The van der Waals surface area contributed by atoms with Gasteiger partial charge < -0.3 is 18.8 Å². The van der Waals surface area contributed by atoms with Crippen LogP contribution >= 0.6 is 23.4 Å². The van der Waals surface area contributed by atoms with Crippen molar-refractivity contribution in [3.8, 4) is 5.75 Å². The second kappa shape index (κ2) is 15.7. The average molecular weight is 775 g/mol. The number of methoxy groups -OCH3 is 1. The number of benzene rings is 2. The zero-order valence-corrected chi connectivity index (χ0v) is 34.8. The predicted octanol–water partition coefficient (Wildman–Crippen LogP) is 10.2. The van der Waals surface area contributed by atoms with Crippen LogP contribution in [-0.4, -0.2) is 62.9 Å². The van der Waals surface area contributed by atoms with E-state index in [0.29, 0.717) is 35.8 Å². The van der Waals surface area contributed by atoms with Gasteiger partial charge >= 0.3 is 5.97 Å². The average Bonchev–Trinajstić information content (AvgIpc) is 3.25. The molecular formula is C43H56ClN3O4SSi. The summed E-state index contributed by atoms with van der Waals surface area (Å²) in [5.74, 6) is 3.58. The van der Waals surface area contributed by atoms with Gasteiger partial charge in [0.1, 0.15) is 5.75 Å². The summed E-state index contributed by atoms with van der Waals surface area (Å²) >= 11 is 8.29. The molecule has 0 amide bonds. The topological polar surface area (TPSA) is 73.8 Å². The van der Waals surface area contributed by atoms with Crippen molar-refractivity contribution in [1.82, 2.24) is 9.97 Å². The maximum absolute atomic E-state index is 12.8. The van der Waals surface area contributed by atoms with E-state index < -0.39 is 8.32 Å². The van der Waals surface area contributed by atoms with Crippen molar-refractivity contribution < 1.29 is 18.7 Å². The minimum Gasteiger partial charge on any atom is -0.490 e. The first kappa shape index (κ1) is 38.4. The van der Waals surface area contributed by atoms with E-state index in [1.165, 1.54) is 31.1 Å². The van der Waals surface area contributed by atoms with Crippen molar-refractivity contribution >= 4 is 43.3 Å². The number of aryl methyl sites for hydroxylation is 1. The first-order valence-electron chi connectivity index (χ1n) is 19.5. The number of ether oxygens (including phenoxy) is 2. The lowest BCUT2D eigenvalue weighted by atomic mass is 9.68. The number of halogens is 1. The molecule has 2 fully saturated rings. The first-order valence-corrected chi connectivity index (χ1v) is 23.8. The monoisotopic (exact) mass is 773 g/mol. The second-order valence-corrected chi connectivity index (χ2v) is 23.5. The van der Waals surface area contributed by atoms with Crippen molar-refractivity contribution in [3.05, 3.63) is 88.7 Å². The molecule has 6 atom stereocenters. The molecule has 0 unspecified atom stereocenters. The van der Waals surface area contributed by atoms with Crippen LogP contribution in [-0.2, 0) is 21.0 Å². The van der Waals surface area contributed by atoms with Gasteiger partial charge in [-0.2, -0.15) is 0 Å². The van der Waals surface area contributed by atoms with E-state index in [1.807, 2.05) is 42.7 Å². The second-order valence-electron chi connectivity index (χ2n) is 17.4. The molecule has 53 heavy (non-hydrogen) atoms. The van der Waals surface area contributed by atoms with Crippen molar-refractivity contribution in [2.75, 3.05) is 37.5 Å². The summed E-state index contributed by atoms with van der Waals surface area (Å²) in [4.78, 5) is 24.2. The van der Waals surface area contributed by atoms with Crippen LogP contribution in [0.3, 0.4) is 0 Å². The molecule has 0 radical (unpaired) electrons. The molecule has 1 aromatic heterocycles. The van der Waals surface area contributed by atoms with E-state index in [1.54, 1.807) is 11.8 Å². The number of thioether (sulfide) groups is 1. The lowest BCUT2D eigenvalue weighted by molar-refractivity contribution is 0.0519. The lowest BCUT2D eigenvalue weighted by Crippen LogP contribution is -2.52. The SMILES string of the molecule is COC(=O)c1ccc2c(c1)N(C[C@@H]1CC[C@H]1[C@H](/C=C/[C@H]1CC[C@@H]1CSc1ncccn1)O[Si](C)(C)C(C)(C)C)C[C@@]1(CCCc3cc(Cl)ccc31)CO2. The Morgan fingerprint density at radius 1 is 1.11 bits per heavy atom. The summed E-state index contributed by atoms with van der Waals surface area (Å²) in [6, 6.07) is 14.1. The fourth-order valence-corrected chi connectivity index (χ4v) is 11.1. The number of carbonyl (C=O) groups is 1. The van der Waals surface area contributed by atoms with Gasteiger partial charge in [0.25, 0.3) is 0 Å². The Morgan fingerprint density at radius 3 is 2.60 bits per heavy atom. The zero-order valence-electron chi connectivity index (χ0n) is 32.3. The van der Waals surface area contributed by atoms with Crippen molar-refractivity contribution in [2.45, 2.75) is 101 Å². The van der Waals surface area contributed by atoms with Crippen LogP contribution in [0.5, 0.6) is 5.75 Å². The molecule has 2 aromatic carbocycles. The van der Waals surface area contributed by atoms with Gasteiger partial charge in [-0.15, -0.1) is 0 Å². The normalized spacial score (nSPS) is 26.1. The van der Waals surface area contributed by atoms with Gasteiger partial charge in [0, 0.05) is 41.7 Å². The van der Waals surface area contributed by atoms with Crippen LogP contribution in [0.25, 0.3) is 0 Å². The summed E-state index contributed by atoms with van der Waals surface area (Å²) in [7, 11) is -0.626. The Hall–Kier alpha value is -2.85. The van der Waals surface area contributed by atoms with Gasteiger partial charge in [0.2, 0.25) is 0 Å². The predicted molar refractivity (Wildman–Crippen MR) is 218 cm³/mol. The quantitative estimate of drug-likeness (QED) is 0.0627. The number of aromatic nitrogens is 2. The molecule has 7 nitrogen and oxygen atoms in total. The number of nitrogens with zero attached hydrogens (tertiary/aromatic N) is 3. The Balaban J connectivity index is 1.16. The third kappa shape index (κ3) is 8.24. The Labute approximate surface area is 326 Å². The number of rotatable bonds is 11. The third-order valence-corrected chi connectivity index (χ3v) is 18.8. The molecule has 2 heterocycles. The highest BCUT2D eigenvalue weighted by atomic mass is 35.5. The molecule has 3 aliphatic carbocycles. The highest BCUT2D eigenvalue weighted by Crippen LogP contribution is 2.49. The summed E-state index contributed by atoms with van der Waals surface area (Å²) in [5, 5.41) is 1.76. The highest BCUT2D eigenvalue weighted by Gasteiger charge is 2.47. The molecule has 4 aliphatic rings. The maximum Gasteiger partial charge on any atom is 0.337 e. The molecule has 0 saturated heterocycles. The summed E-state index contributed by atoms with van der Waals surface area (Å²) in [6.07, 6.45) is 16.6. The van der Waals surface area contributed by atoms with Crippen molar-refractivity contribution in [1.29, 1.82) is 0 Å². The molecular weight excluding hydrogens is 718 g/mol. The van der Waals surface area contributed by atoms with Gasteiger partial charge in [-0.1, -0.05) is 62.4 Å². The molecule has 2 saturated carbocycles. The third-order valence-electron chi connectivity index (χ3n) is 13.0. The van der Waals surface area contributed by atoms with E-state index in [4.69, 9.17) is 25.5 Å². The first-order chi connectivity index (χ1) is 25.4. The molecule has 3 aromatic rings. The molecule has 10 heteroatoms. The Morgan fingerprint density at radius 2 is 1.91 bits per heavy atom. The van der Waals surface area contributed by atoms with E-state index in [9.17, 15) is 4.79 Å². The van der Waals surface area contributed by atoms with Gasteiger partial charge in [-0.25, -0.2) is 14.8 Å². The summed E-state index contributed by atoms with van der Waals surface area (Å²) in [6.45, 7) is 14.1. The van der Waals surface area contributed by atoms with E-state index in [0.717, 1.165) is 72.6 Å². The highest BCUT2D eigenvalue weighted by molar-refractivity contribution is 7.99. The van der Waals surface area contributed by atoms with E-state index in [-0.39, 0.29) is 22.5 Å². The molecule has 1 spiro atoms. The van der Waals surface area contributed by atoms with Gasteiger partial charge in [0.05, 0.1) is 31.1 Å². The van der Waals surface area contributed by atoms with Crippen LogP contribution in [0.4, 0.5) is 5.69 Å². The minimum absolute atomic E-state index is 0.0663. The Kier molecular flexibility index (Phi) is 11.4. The van der Waals surface area contributed by atoms with Crippen LogP contribution in [0.2, 0.25) is 23.2 Å². The van der Waals surface area contributed by atoms with Crippen molar-refractivity contribution in [3.63, 3.8) is 0 Å². The number of allylic oxidation sites excluding steroid dienone is 1. The number of carbonyl (C=O) groups excluding carboxylic acids is 1. The summed E-state index contributed by atoms with van der Waals surface area (Å²) < 4.78 is 19.2. The van der Waals surface area contributed by atoms with Crippen LogP contribution in [0, 0.1) is 23.7 Å². The smallest absolute Gasteiger partial charge is 0.337 e. The lowest BCUT2D eigenvalue weighted by Gasteiger charge is -2.48. The fraction of sp³-hybridized carbons (Fsp3) is 0.558. The molecule has 0 bridgehead atoms. The molecule has 7 rings (SSSR count).